The Morgan fingerprint density at radius 3 is 2.83 bits per heavy atom. The first-order valence-electron chi connectivity index (χ1n) is 7.13. The van der Waals surface area contributed by atoms with Crippen LogP contribution in [0.15, 0.2) is 41.0 Å². The van der Waals surface area contributed by atoms with Crippen LogP contribution in [0.5, 0.6) is 0 Å². The maximum Gasteiger partial charge on any atom is 0.274 e. The van der Waals surface area contributed by atoms with Crippen LogP contribution in [0, 0.1) is 13.8 Å². The Kier molecular flexibility index (Phi) is 4.29. The maximum absolute atomic E-state index is 12.2. The number of hydrogen-bond acceptors (Lipinski definition) is 3. The summed E-state index contributed by atoms with van der Waals surface area (Å²) in [6.45, 7) is 4.67. The molecule has 2 aromatic heterocycles. The molecular formula is C16H16BrN5O. The molecule has 23 heavy (non-hydrogen) atoms. The second-order valence-corrected chi connectivity index (χ2v) is 6.19. The van der Waals surface area contributed by atoms with E-state index in [1.807, 2.05) is 48.9 Å². The minimum Gasteiger partial charge on any atom is -0.321 e. The first-order chi connectivity index (χ1) is 11.0. The summed E-state index contributed by atoms with van der Waals surface area (Å²) in [5.41, 5.74) is 4.30. The minimum absolute atomic E-state index is 0.238. The molecule has 0 atom stereocenters. The highest BCUT2D eigenvalue weighted by Crippen LogP contribution is 2.17. The van der Waals surface area contributed by atoms with Crippen molar-refractivity contribution in [2.75, 3.05) is 5.32 Å². The van der Waals surface area contributed by atoms with Crippen LogP contribution in [-0.4, -0.2) is 25.9 Å². The molecule has 3 aromatic rings. The zero-order valence-corrected chi connectivity index (χ0v) is 14.4. The van der Waals surface area contributed by atoms with Crippen molar-refractivity contribution in [1.82, 2.24) is 20.0 Å². The molecule has 0 radical (unpaired) electrons. The predicted octanol–water partition coefficient (Wildman–Crippen LogP) is 3.29. The van der Waals surface area contributed by atoms with E-state index < -0.39 is 0 Å². The van der Waals surface area contributed by atoms with Crippen LogP contribution >= 0.6 is 15.9 Å². The number of nitrogens with one attached hydrogen (secondary N) is 2. The second-order valence-electron chi connectivity index (χ2n) is 5.33. The van der Waals surface area contributed by atoms with Gasteiger partial charge in [0, 0.05) is 11.4 Å². The normalized spacial score (nSPS) is 10.7. The van der Waals surface area contributed by atoms with Gasteiger partial charge in [-0.1, -0.05) is 12.1 Å². The molecule has 0 unspecified atom stereocenters. The zero-order valence-electron chi connectivity index (χ0n) is 12.8. The molecule has 1 amide bonds. The highest BCUT2D eigenvalue weighted by atomic mass is 79.9. The van der Waals surface area contributed by atoms with Crippen molar-refractivity contribution >= 4 is 27.5 Å². The van der Waals surface area contributed by atoms with Gasteiger partial charge in [-0.05, 0) is 53.5 Å². The number of hydrogen-bond donors (Lipinski definition) is 2. The van der Waals surface area contributed by atoms with Crippen LogP contribution < -0.4 is 5.32 Å². The van der Waals surface area contributed by atoms with Crippen LogP contribution in [0.3, 0.4) is 0 Å². The fourth-order valence-corrected chi connectivity index (χ4v) is 2.75. The van der Waals surface area contributed by atoms with Gasteiger partial charge in [0.2, 0.25) is 0 Å². The molecule has 2 N–H and O–H groups in total. The Morgan fingerprint density at radius 2 is 2.17 bits per heavy atom. The standard InChI is InChI=1S/C16H16BrN5O/c1-10-6-11(2)22(21-10)9-12-4-3-5-13(7-12)19-16(23)15-14(17)8-18-20-15/h3-8H,9H2,1-2H3,(H,18,20)(H,19,23). The van der Waals surface area contributed by atoms with Crippen LogP contribution in [0.2, 0.25) is 0 Å². The molecule has 7 heteroatoms. The summed E-state index contributed by atoms with van der Waals surface area (Å²) in [5.74, 6) is -0.238. The van der Waals surface area contributed by atoms with Gasteiger partial charge in [-0.15, -0.1) is 0 Å². The fraction of sp³-hybridized carbons (Fsp3) is 0.188. The number of carbonyl (C=O) groups excluding carboxylic acids is 1. The lowest BCUT2D eigenvalue weighted by molar-refractivity contribution is 0.102. The summed E-state index contributed by atoms with van der Waals surface area (Å²) in [6, 6.07) is 9.77. The van der Waals surface area contributed by atoms with Crippen LogP contribution in [0.25, 0.3) is 0 Å². The monoisotopic (exact) mass is 373 g/mol. The van der Waals surface area contributed by atoms with Crippen molar-refractivity contribution in [3.63, 3.8) is 0 Å². The Labute approximate surface area is 142 Å². The third-order valence-corrected chi connectivity index (χ3v) is 4.04. The highest BCUT2D eigenvalue weighted by molar-refractivity contribution is 9.10. The lowest BCUT2D eigenvalue weighted by Crippen LogP contribution is -2.13. The number of aryl methyl sites for hydroxylation is 2. The minimum atomic E-state index is -0.238. The number of carbonyl (C=O) groups is 1. The number of anilines is 1. The zero-order chi connectivity index (χ0) is 16.4. The summed E-state index contributed by atoms with van der Waals surface area (Å²) in [5, 5.41) is 13.8. The molecule has 1 aromatic carbocycles. The summed E-state index contributed by atoms with van der Waals surface area (Å²) in [7, 11) is 0. The van der Waals surface area contributed by atoms with E-state index in [1.54, 1.807) is 6.20 Å². The van der Waals surface area contributed by atoms with Crippen molar-refractivity contribution in [3.05, 3.63) is 63.6 Å². The van der Waals surface area contributed by atoms with Crippen molar-refractivity contribution in [1.29, 1.82) is 0 Å². The van der Waals surface area contributed by atoms with Gasteiger partial charge in [-0.2, -0.15) is 10.2 Å². The quantitative estimate of drug-likeness (QED) is 0.736. The largest absolute Gasteiger partial charge is 0.321 e. The van der Waals surface area contributed by atoms with E-state index in [-0.39, 0.29) is 5.91 Å². The Hall–Kier alpha value is -2.41. The molecule has 0 aliphatic heterocycles. The van der Waals surface area contributed by atoms with E-state index in [2.05, 4.69) is 36.5 Å². The first kappa shape index (κ1) is 15.5. The molecule has 3 rings (SSSR count). The summed E-state index contributed by atoms with van der Waals surface area (Å²) in [4.78, 5) is 12.2. The average Bonchev–Trinajstić information content (AvgIpc) is 3.05. The van der Waals surface area contributed by atoms with Crippen molar-refractivity contribution in [2.45, 2.75) is 20.4 Å². The number of aromatic amines is 1. The molecule has 0 fully saturated rings. The molecule has 0 aliphatic carbocycles. The number of benzene rings is 1. The van der Waals surface area contributed by atoms with E-state index in [0.29, 0.717) is 16.7 Å². The van der Waals surface area contributed by atoms with Gasteiger partial charge in [0.15, 0.2) is 0 Å². The number of amides is 1. The maximum atomic E-state index is 12.2. The van der Waals surface area contributed by atoms with Gasteiger partial charge >= 0.3 is 0 Å². The number of H-pyrrole nitrogens is 1. The Balaban J connectivity index is 1.76. The fourth-order valence-electron chi connectivity index (χ4n) is 2.38. The van der Waals surface area contributed by atoms with Gasteiger partial charge < -0.3 is 5.32 Å². The van der Waals surface area contributed by atoms with Crippen molar-refractivity contribution in [2.24, 2.45) is 0 Å². The Morgan fingerprint density at radius 1 is 1.35 bits per heavy atom. The molecule has 0 aliphatic rings. The molecular weight excluding hydrogens is 358 g/mol. The number of nitrogens with zero attached hydrogens (tertiary/aromatic N) is 3. The summed E-state index contributed by atoms with van der Waals surface area (Å²) < 4.78 is 2.58. The van der Waals surface area contributed by atoms with Gasteiger partial charge in [0.1, 0.15) is 5.69 Å². The lowest BCUT2D eigenvalue weighted by Gasteiger charge is -2.08. The van der Waals surface area contributed by atoms with Crippen molar-refractivity contribution < 1.29 is 4.79 Å². The van der Waals surface area contributed by atoms with Gasteiger partial charge in [-0.3, -0.25) is 14.6 Å². The average molecular weight is 374 g/mol. The van der Waals surface area contributed by atoms with E-state index in [4.69, 9.17) is 0 Å². The highest BCUT2D eigenvalue weighted by Gasteiger charge is 2.12. The number of rotatable bonds is 4. The van der Waals surface area contributed by atoms with Crippen LogP contribution in [-0.2, 0) is 6.54 Å². The molecule has 2 heterocycles. The topological polar surface area (TPSA) is 75.6 Å². The van der Waals surface area contributed by atoms with Crippen LogP contribution in [0.1, 0.15) is 27.4 Å². The Bertz CT molecular complexity index is 852. The summed E-state index contributed by atoms with van der Waals surface area (Å²) >= 11 is 3.28. The molecule has 118 valence electrons. The van der Waals surface area contributed by atoms with E-state index in [0.717, 1.165) is 22.6 Å². The van der Waals surface area contributed by atoms with Gasteiger partial charge in [0.05, 0.1) is 22.9 Å². The smallest absolute Gasteiger partial charge is 0.274 e. The molecule has 0 saturated carbocycles. The predicted molar refractivity (Wildman–Crippen MR) is 91.5 cm³/mol. The molecule has 0 saturated heterocycles. The van der Waals surface area contributed by atoms with Gasteiger partial charge in [-0.25, -0.2) is 0 Å². The molecule has 0 spiro atoms. The second kappa shape index (κ2) is 6.37. The van der Waals surface area contributed by atoms with E-state index >= 15 is 0 Å². The molecule has 0 bridgehead atoms. The lowest BCUT2D eigenvalue weighted by atomic mass is 10.2. The SMILES string of the molecule is Cc1cc(C)n(Cc2cccc(NC(=O)c3[nH]ncc3Br)c2)n1. The third-order valence-electron chi connectivity index (χ3n) is 3.44. The number of aromatic nitrogens is 4. The third kappa shape index (κ3) is 3.50. The van der Waals surface area contributed by atoms with E-state index in [9.17, 15) is 4.79 Å². The van der Waals surface area contributed by atoms with E-state index in [1.165, 1.54) is 0 Å². The molecule has 6 nitrogen and oxygen atoms in total. The first-order valence-corrected chi connectivity index (χ1v) is 7.92. The van der Waals surface area contributed by atoms with Crippen LogP contribution in [0.4, 0.5) is 5.69 Å². The van der Waals surface area contributed by atoms with Crippen molar-refractivity contribution in [3.8, 4) is 0 Å². The van der Waals surface area contributed by atoms with Gasteiger partial charge in [0.25, 0.3) is 5.91 Å². The summed E-state index contributed by atoms with van der Waals surface area (Å²) in [6.07, 6.45) is 1.55. The number of halogens is 1.